The molecule has 0 saturated carbocycles. The zero-order chi connectivity index (χ0) is 13.4. The minimum Gasteiger partial charge on any atom is -0.506 e. The van der Waals surface area contributed by atoms with Gasteiger partial charge in [0.1, 0.15) is 5.75 Å². The Morgan fingerprint density at radius 2 is 2.00 bits per heavy atom. The number of carbonyl (C=O) groups is 1. The highest BCUT2D eigenvalue weighted by Gasteiger charge is 2.34. The number of nitrogens with one attached hydrogen (secondary N) is 1. The van der Waals surface area contributed by atoms with Gasteiger partial charge in [-0.05, 0) is 6.42 Å². The van der Waals surface area contributed by atoms with Crippen LogP contribution in [-0.2, 0) is 4.79 Å². The highest BCUT2D eigenvalue weighted by Crippen LogP contribution is 2.46. The molecule has 1 heterocycles. The molecule has 0 spiro atoms. The van der Waals surface area contributed by atoms with Crippen LogP contribution in [-0.4, -0.2) is 32.9 Å². The number of phenolic OH excluding ortho intramolecular Hbond substituents is 3. The van der Waals surface area contributed by atoms with Gasteiger partial charge in [-0.15, -0.1) is 0 Å². The molecule has 7 heteroatoms. The monoisotopic (exact) mass is 273 g/mol. The summed E-state index contributed by atoms with van der Waals surface area (Å²) >= 11 is 5.87. The Balaban J connectivity index is 2.38. The Hall–Kier alpha value is -1.66. The minimum absolute atomic E-state index is 0.0890. The van der Waals surface area contributed by atoms with Crippen molar-refractivity contribution in [2.45, 2.75) is 12.5 Å². The number of aliphatic carboxylic acids is 1. The fraction of sp³-hybridized carbons (Fsp3) is 0.364. The van der Waals surface area contributed by atoms with E-state index >= 15 is 0 Å². The van der Waals surface area contributed by atoms with Crippen LogP contribution in [0.4, 0.5) is 0 Å². The van der Waals surface area contributed by atoms with Gasteiger partial charge in [0.2, 0.25) is 0 Å². The summed E-state index contributed by atoms with van der Waals surface area (Å²) in [6, 6.07) is 0.418. The predicted octanol–water partition coefficient (Wildman–Crippen LogP) is 1.19. The van der Waals surface area contributed by atoms with Crippen molar-refractivity contribution in [2.24, 2.45) is 5.92 Å². The normalized spacial score (nSPS) is 23.2. The van der Waals surface area contributed by atoms with Crippen LogP contribution in [0.25, 0.3) is 0 Å². The van der Waals surface area contributed by atoms with E-state index in [2.05, 4.69) is 5.32 Å². The van der Waals surface area contributed by atoms with Crippen molar-refractivity contribution in [2.75, 3.05) is 6.54 Å². The molecule has 0 aromatic heterocycles. The Morgan fingerprint density at radius 1 is 1.33 bits per heavy atom. The first-order valence-electron chi connectivity index (χ1n) is 5.31. The van der Waals surface area contributed by atoms with Crippen molar-refractivity contribution in [1.29, 1.82) is 0 Å². The maximum Gasteiger partial charge on any atom is 0.307 e. The summed E-state index contributed by atoms with van der Waals surface area (Å²) in [5.74, 6) is -2.82. The van der Waals surface area contributed by atoms with Crippen LogP contribution >= 0.6 is 11.6 Å². The Kier molecular flexibility index (Phi) is 3.23. The van der Waals surface area contributed by atoms with Crippen molar-refractivity contribution < 1.29 is 25.2 Å². The average Bonchev–Trinajstić information content (AvgIpc) is 2.76. The molecular formula is C11H12ClNO5. The third-order valence-corrected chi connectivity index (χ3v) is 3.46. The second kappa shape index (κ2) is 4.55. The van der Waals surface area contributed by atoms with E-state index in [0.717, 1.165) is 6.07 Å². The van der Waals surface area contributed by atoms with Crippen LogP contribution in [0.3, 0.4) is 0 Å². The van der Waals surface area contributed by atoms with Crippen LogP contribution in [0.15, 0.2) is 6.07 Å². The highest BCUT2D eigenvalue weighted by molar-refractivity contribution is 6.33. The third-order valence-electron chi connectivity index (χ3n) is 3.06. The summed E-state index contributed by atoms with van der Waals surface area (Å²) in [6.07, 6.45) is 0.228. The predicted molar refractivity (Wildman–Crippen MR) is 62.9 cm³/mol. The van der Waals surface area contributed by atoms with Gasteiger partial charge in [0.15, 0.2) is 11.5 Å². The van der Waals surface area contributed by atoms with Crippen molar-refractivity contribution in [3.05, 3.63) is 16.7 Å². The van der Waals surface area contributed by atoms with E-state index < -0.39 is 29.4 Å². The van der Waals surface area contributed by atoms with Gasteiger partial charge in [-0.2, -0.15) is 0 Å². The largest absolute Gasteiger partial charge is 0.506 e. The van der Waals surface area contributed by atoms with Gasteiger partial charge in [0, 0.05) is 24.2 Å². The number of hydrogen-bond donors (Lipinski definition) is 5. The second-order valence-electron chi connectivity index (χ2n) is 4.22. The maximum absolute atomic E-state index is 10.8. The van der Waals surface area contributed by atoms with E-state index in [4.69, 9.17) is 16.7 Å². The number of rotatable bonds is 2. The van der Waals surface area contributed by atoms with Crippen LogP contribution in [0.1, 0.15) is 18.0 Å². The van der Waals surface area contributed by atoms with Gasteiger partial charge in [0.25, 0.3) is 0 Å². The summed E-state index contributed by atoms with van der Waals surface area (Å²) in [7, 11) is 0. The van der Waals surface area contributed by atoms with Gasteiger partial charge in [-0.3, -0.25) is 4.79 Å². The summed E-state index contributed by atoms with van der Waals surface area (Å²) < 4.78 is 0. The fourth-order valence-electron chi connectivity index (χ4n) is 2.10. The molecule has 1 aromatic carbocycles. The summed E-state index contributed by atoms with van der Waals surface area (Å²) in [6.45, 7) is 0.242. The quantitative estimate of drug-likeness (QED) is 0.409. The lowest BCUT2D eigenvalue weighted by molar-refractivity contribution is -0.141. The minimum atomic E-state index is -0.940. The molecule has 2 rings (SSSR count). The van der Waals surface area contributed by atoms with Gasteiger partial charge >= 0.3 is 5.97 Å². The number of halogens is 1. The van der Waals surface area contributed by atoms with Crippen molar-refractivity contribution in [3.63, 3.8) is 0 Å². The van der Waals surface area contributed by atoms with Gasteiger partial charge < -0.3 is 25.7 Å². The lowest BCUT2D eigenvalue weighted by Crippen LogP contribution is -2.17. The zero-order valence-electron chi connectivity index (χ0n) is 9.22. The smallest absolute Gasteiger partial charge is 0.307 e. The number of aromatic hydroxyl groups is 3. The molecule has 1 saturated heterocycles. The van der Waals surface area contributed by atoms with Crippen LogP contribution in [0, 0.1) is 5.92 Å². The number of benzene rings is 1. The number of carboxylic acid groups (broad SMARTS) is 1. The molecule has 1 aromatic rings. The van der Waals surface area contributed by atoms with Crippen molar-refractivity contribution in [1.82, 2.24) is 5.32 Å². The molecular weight excluding hydrogens is 262 g/mol. The van der Waals surface area contributed by atoms with E-state index in [1.807, 2.05) is 0 Å². The second-order valence-corrected chi connectivity index (χ2v) is 4.60. The fourth-order valence-corrected chi connectivity index (χ4v) is 2.38. The molecule has 0 bridgehead atoms. The van der Waals surface area contributed by atoms with Crippen LogP contribution in [0.2, 0.25) is 5.02 Å². The zero-order valence-corrected chi connectivity index (χ0v) is 9.98. The third kappa shape index (κ3) is 2.04. The number of phenols is 3. The molecule has 2 atom stereocenters. The van der Waals surface area contributed by atoms with Gasteiger partial charge in [0.05, 0.1) is 10.9 Å². The summed E-state index contributed by atoms with van der Waals surface area (Å²) in [5, 5.41) is 40.4. The van der Waals surface area contributed by atoms with Crippen molar-refractivity contribution >= 4 is 17.6 Å². The van der Waals surface area contributed by atoms with E-state index in [-0.39, 0.29) is 29.3 Å². The Labute approximate surface area is 107 Å². The molecule has 0 radical (unpaired) electrons. The first-order chi connectivity index (χ1) is 8.41. The average molecular weight is 274 g/mol. The maximum atomic E-state index is 10.8. The Morgan fingerprint density at radius 3 is 2.56 bits per heavy atom. The van der Waals surface area contributed by atoms with Gasteiger partial charge in [-0.25, -0.2) is 0 Å². The molecule has 1 aliphatic rings. The molecule has 18 heavy (non-hydrogen) atoms. The lowest BCUT2D eigenvalue weighted by Gasteiger charge is -2.16. The molecule has 5 N–H and O–H groups in total. The van der Waals surface area contributed by atoms with E-state index in [1.165, 1.54) is 0 Å². The van der Waals surface area contributed by atoms with E-state index in [9.17, 15) is 20.1 Å². The standard InChI is InChI=1S/C11H12ClNO5/c12-9-6(14)2-7(15)10(16)8(9)5-1-4(3-13-5)11(17)18/h2,4-5,13-16H,1,3H2,(H,17,18). The molecule has 2 unspecified atom stereocenters. The SMILES string of the molecule is O=C(O)C1CNC(c2c(O)c(O)cc(O)c2Cl)C1. The van der Waals surface area contributed by atoms with E-state index in [1.54, 1.807) is 0 Å². The molecule has 0 amide bonds. The highest BCUT2D eigenvalue weighted by atomic mass is 35.5. The molecule has 6 nitrogen and oxygen atoms in total. The van der Waals surface area contributed by atoms with E-state index in [0.29, 0.717) is 0 Å². The Bertz CT molecular complexity index is 478. The summed E-state index contributed by atoms with van der Waals surface area (Å²) in [5.41, 5.74) is 0.123. The molecule has 0 aliphatic carbocycles. The van der Waals surface area contributed by atoms with Crippen LogP contribution < -0.4 is 5.32 Å². The number of carboxylic acids is 1. The lowest BCUT2D eigenvalue weighted by atomic mass is 9.98. The summed E-state index contributed by atoms with van der Waals surface area (Å²) in [4.78, 5) is 10.8. The first kappa shape index (κ1) is 12.8. The number of hydrogen-bond acceptors (Lipinski definition) is 5. The molecule has 98 valence electrons. The van der Waals surface area contributed by atoms with Crippen LogP contribution in [0.5, 0.6) is 17.2 Å². The first-order valence-corrected chi connectivity index (χ1v) is 5.69. The van der Waals surface area contributed by atoms with Gasteiger partial charge in [-0.1, -0.05) is 11.6 Å². The molecule has 1 fully saturated rings. The van der Waals surface area contributed by atoms with Crippen molar-refractivity contribution in [3.8, 4) is 17.2 Å². The topological polar surface area (TPSA) is 110 Å². The molecule has 1 aliphatic heterocycles.